The minimum absolute atomic E-state index is 0.0283. The fraction of sp³-hybridized carbons (Fsp3) is 0. The van der Waals surface area contributed by atoms with Crippen LogP contribution in [0.25, 0.3) is 4.98 Å². The van der Waals surface area contributed by atoms with Crippen molar-refractivity contribution < 1.29 is 9.90 Å². The Bertz CT molecular complexity index is 370. The third kappa shape index (κ3) is 1.53. The van der Waals surface area contributed by atoms with Crippen LogP contribution in [0.5, 0.6) is 0 Å². The summed E-state index contributed by atoms with van der Waals surface area (Å²) in [7, 11) is 0. The summed E-state index contributed by atoms with van der Waals surface area (Å²) in [6.45, 7) is 0. The molecule has 5 heteroatoms. The smallest absolute Gasteiger partial charge is 0.400 e. The average Bonchev–Trinajstić information content (AvgIpc) is 2.03. The molecule has 0 bridgehead atoms. The fourth-order valence-corrected chi connectivity index (χ4v) is 1.52. The van der Waals surface area contributed by atoms with Gasteiger partial charge in [-0.3, -0.25) is 0 Å². The van der Waals surface area contributed by atoms with Gasteiger partial charge in [0.05, 0.1) is 0 Å². The molecule has 0 aliphatic carbocycles. The second kappa shape index (κ2) is 3.49. The van der Waals surface area contributed by atoms with Gasteiger partial charge in [-0.05, 0) is 28.7 Å². The van der Waals surface area contributed by atoms with Crippen LogP contribution < -0.4 is 0 Å². The first-order valence-electron chi connectivity index (χ1n) is 3.03. The highest BCUT2D eigenvalue weighted by Gasteiger charge is 2.22. The van der Waals surface area contributed by atoms with Crippen LogP contribution in [-0.2, 0) is 0 Å². The minimum Gasteiger partial charge on any atom is -0.477 e. The first-order valence-corrected chi connectivity index (χ1v) is 4.11. The maximum absolute atomic E-state index is 10.6. The van der Waals surface area contributed by atoms with Crippen LogP contribution in [0.4, 0.5) is 5.69 Å². The summed E-state index contributed by atoms with van der Waals surface area (Å²) in [6, 6.07) is 4.70. The first kappa shape index (κ1) is 8.93. The van der Waals surface area contributed by atoms with Gasteiger partial charge in [0, 0.05) is 9.64 Å². The predicted octanol–water partition coefficient (Wildman–Crippen LogP) is 2.47. The molecular formula is C7H4IN2O2+. The zero-order valence-electron chi connectivity index (χ0n) is 5.86. The molecule has 0 saturated heterocycles. The molecule has 1 rings (SSSR count). The summed E-state index contributed by atoms with van der Waals surface area (Å²) >= 11 is 1.87. The first-order chi connectivity index (χ1) is 5.66. The van der Waals surface area contributed by atoms with Gasteiger partial charge in [0.1, 0.15) is 0 Å². The summed E-state index contributed by atoms with van der Waals surface area (Å²) in [4.78, 5) is 13.5. The number of diazo groups is 1. The Morgan fingerprint density at radius 2 is 2.25 bits per heavy atom. The molecule has 0 saturated carbocycles. The molecule has 0 aliphatic heterocycles. The molecule has 60 valence electrons. The van der Waals surface area contributed by atoms with Crippen LogP contribution >= 0.6 is 22.6 Å². The Morgan fingerprint density at radius 1 is 1.58 bits per heavy atom. The van der Waals surface area contributed by atoms with Crippen LogP contribution in [0.1, 0.15) is 10.4 Å². The summed E-state index contributed by atoms with van der Waals surface area (Å²) in [6.07, 6.45) is 0. The molecule has 1 aromatic carbocycles. The molecule has 0 fully saturated rings. The number of nitrogens with zero attached hydrogens (tertiary/aromatic N) is 2. The number of carboxylic acid groups (broad SMARTS) is 1. The van der Waals surface area contributed by atoms with Crippen molar-refractivity contribution in [3.05, 3.63) is 32.3 Å². The van der Waals surface area contributed by atoms with Gasteiger partial charge in [0.2, 0.25) is 5.39 Å². The second-order valence-electron chi connectivity index (χ2n) is 2.04. The Hall–Kier alpha value is -1.16. The fourth-order valence-electron chi connectivity index (χ4n) is 0.808. The highest BCUT2D eigenvalue weighted by atomic mass is 127. The van der Waals surface area contributed by atoms with Crippen molar-refractivity contribution in [1.29, 1.82) is 5.39 Å². The third-order valence-corrected chi connectivity index (χ3v) is 2.21. The van der Waals surface area contributed by atoms with Crippen molar-refractivity contribution >= 4 is 34.2 Å². The molecule has 0 aliphatic rings. The van der Waals surface area contributed by atoms with Crippen molar-refractivity contribution in [2.75, 3.05) is 0 Å². The predicted molar refractivity (Wildman–Crippen MR) is 50.9 cm³/mol. The van der Waals surface area contributed by atoms with Crippen molar-refractivity contribution in [1.82, 2.24) is 0 Å². The summed E-state index contributed by atoms with van der Waals surface area (Å²) in [5, 5.41) is 17.2. The summed E-state index contributed by atoms with van der Waals surface area (Å²) < 4.78 is 0.551. The third-order valence-electron chi connectivity index (χ3n) is 1.31. The molecule has 0 amide bonds. The number of carbonyl (C=O) groups is 1. The minimum atomic E-state index is -1.09. The molecule has 1 N–H and O–H groups in total. The Balaban J connectivity index is 3.42. The standard InChI is InChI=1S/C7H3IN2O2/c8-4-2-1-3-5(10-9)6(4)7(11)12/h1-3H/p+1. The van der Waals surface area contributed by atoms with Crippen LogP contribution in [0, 0.1) is 8.96 Å². The van der Waals surface area contributed by atoms with Crippen molar-refractivity contribution in [3.63, 3.8) is 0 Å². The Labute approximate surface area is 82.0 Å². The number of carboxylic acids is 1. The monoisotopic (exact) mass is 275 g/mol. The van der Waals surface area contributed by atoms with Gasteiger partial charge in [0.15, 0.2) is 10.5 Å². The zero-order valence-corrected chi connectivity index (χ0v) is 8.02. The van der Waals surface area contributed by atoms with E-state index in [1.54, 1.807) is 12.1 Å². The van der Waals surface area contributed by atoms with E-state index in [0.29, 0.717) is 3.57 Å². The van der Waals surface area contributed by atoms with E-state index in [-0.39, 0.29) is 11.3 Å². The van der Waals surface area contributed by atoms with Crippen molar-refractivity contribution in [3.8, 4) is 0 Å². The van der Waals surface area contributed by atoms with Crippen LogP contribution in [0.15, 0.2) is 18.2 Å². The van der Waals surface area contributed by atoms with E-state index in [1.165, 1.54) is 6.07 Å². The number of hydrogen-bond donors (Lipinski definition) is 1. The van der Waals surface area contributed by atoms with E-state index >= 15 is 0 Å². The molecule has 0 heterocycles. The van der Waals surface area contributed by atoms with E-state index in [0.717, 1.165) is 0 Å². The van der Waals surface area contributed by atoms with E-state index in [4.69, 9.17) is 10.5 Å². The van der Waals surface area contributed by atoms with Gasteiger partial charge in [-0.1, -0.05) is 6.07 Å². The van der Waals surface area contributed by atoms with Crippen molar-refractivity contribution in [2.45, 2.75) is 0 Å². The van der Waals surface area contributed by atoms with Crippen LogP contribution in [0.3, 0.4) is 0 Å². The summed E-state index contributed by atoms with van der Waals surface area (Å²) in [5.74, 6) is -1.09. The maximum Gasteiger partial charge on any atom is 0.400 e. The molecule has 0 atom stereocenters. The van der Waals surface area contributed by atoms with Gasteiger partial charge in [-0.25, -0.2) is 4.79 Å². The lowest BCUT2D eigenvalue weighted by Crippen LogP contribution is -1.99. The van der Waals surface area contributed by atoms with E-state index in [2.05, 4.69) is 4.98 Å². The second-order valence-corrected chi connectivity index (χ2v) is 3.20. The SMILES string of the molecule is N#[N+]c1cccc(I)c1C(=O)O. The van der Waals surface area contributed by atoms with Crippen LogP contribution in [-0.4, -0.2) is 11.1 Å². The van der Waals surface area contributed by atoms with E-state index in [9.17, 15) is 4.79 Å². The van der Waals surface area contributed by atoms with Crippen molar-refractivity contribution in [2.24, 2.45) is 0 Å². The zero-order chi connectivity index (χ0) is 9.14. The molecule has 4 nitrogen and oxygen atoms in total. The highest BCUT2D eigenvalue weighted by molar-refractivity contribution is 14.1. The average molecular weight is 275 g/mol. The normalized spacial score (nSPS) is 9.00. The largest absolute Gasteiger partial charge is 0.477 e. The molecular weight excluding hydrogens is 271 g/mol. The lowest BCUT2D eigenvalue weighted by Gasteiger charge is -1.92. The summed E-state index contributed by atoms with van der Waals surface area (Å²) in [5.41, 5.74) is 0.106. The Kier molecular flexibility index (Phi) is 2.60. The number of halogens is 1. The van der Waals surface area contributed by atoms with Gasteiger partial charge < -0.3 is 5.11 Å². The highest BCUT2D eigenvalue weighted by Crippen LogP contribution is 2.23. The van der Waals surface area contributed by atoms with E-state index < -0.39 is 5.97 Å². The maximum atomic E-state index is 10.6. The number of rotatable bonds is 1. The number of hydrogen-bond acceptors (Lipinski definition) is 2. The topological polar surface area (TPSA) is 65.5 Å². The molecule has 0 spiro atoms. The molecule has 0 aromatic heterocycles. The molecule has 0 unspecified atom stereocenters. The molecule has 0 radical (unpaired) electrons. The number of aromatic carboxylic acids is 1. The lowest BCUT2D eigenvalue weighted by atomic mass is 10.2. The van der Waals surface area contributed by atoms with Gasteiger partial charge in [-0.15, -0.1) is 0 Å². The van der Waals surface area contributed by atoms with Gasteiger partial charge >= 0.3 is 11.7 Å². The molecule has 1 aromatic rings. The van der Waals surface area contributed by atoms with Crippen LogP contribution in [0.2, 0.25) is 0 Å². The lowest BCUT2D eigenvalue weighted by molar-refractivity contribution is 0.0697. The number of benzene rings is 1. The van der Waals surface area contributed by atoms with E-state index in [1.807, 2.05) is 22.6 Å². The Morgan fingerprint density at radius 3 is 2.67 bits per heavy atom. The van der Waals surface area contributed by atoms with Gasteiger partial charge in [-0.2, -0.15) is 0 Å². The quantitative estimate of drug-likeness (QED) is 0.632. The van der Waals surface area contributed by atoms with Gasteiger partial charge in [0.25, 0.3) is 0 Å². The molecule has 12 heavy (non-hydrogen) atoms.